The van der Waals surface area contributed by atoms with E-state index >= 15 is 0 Å². The van der Waals surface area contributed by atoms with Gasteiger partial charge >= 0.3 is 0 Å². The van der Waals surface area contributed by atoms with E-state index in [1.807, 2.05) is 66.9 Å². The Bertz CT molecular complexity index is 904. The lowest BCUT2D eigenvalue weighted by molar-refractivity contribution is -0.122. The minimum absolute atomic E-state index is 0.138. The van der Waals surface area contributed by atoms with Crippen molar-refractivity contribution >= 4 is 17.2 Å². The number of para-hydroxylation sites is 2. The average molecular weight is 365 g/mol. The highest BCUT2D eigenvalue weighted by molar-refractivity contribution is 7.10. The van der Waals surface area contributed by atoms with Gasteiger partial charge in [0.15, 0.2) is 0 Å². The SMILES string of the molecule is Cc1ccsc1[C@@H](O)CNC(=O)C1c2ccccc2Oc2ccccc21. The Morgan fingerprint density at radius 3 is 2.31 bits per heavy atom. The van der Waals surface area contributed by atoms with Crippen LogP contribution in [0.25, 0.3) is 0 Å². The molecular formula is C21H19NO3S. The molecular weight excluding hydrogens is 346 g/mol. The summed E-state index contributed by atoms with van der Waals surface area (Å²) in [7, 11) is 0. The predicted octanol–water partition coefficient (Wildman–Crippen LogP) is 4.14. The highest BCUT2D eigenvalue weighted by atomic mass is 32.1. The third-order valence-electron chi connectivity index (χ3n) is 4.62. The predicted molar refractivity (Wildman–Crippen MR) is 102 cm³/mol. The van der Waals surface area contributed by atoms with E-state index in [0.717, 1.165) is 21.6 Å². The first-order valence-corrected chi connectivity index (χ1v) is 9.38. The molecule has 1 atom stereocenters. The smallest absolute Gasteiger partial charge is 0.232 e. The first kappa shape index (κ1) is 16.8. The maximum Gasteiger partial charge on any atom is 0.232 e. The van der Waals surface area contributed by atoms with Gasteiger partial charge in [-0.15, -0.1) is 11.3 Å². The highest BCUT2D eigenvalue weighted by Crippen LogP contribution is 2.43. The van der Waals surface area contributed by atoms with Crippen LogP contribution >= 0.6 is 11.3 Å². The molecule has 1 aromatic heterocycles. The zero-order chi connectivity index (χ0) is 18.1. The van der Waals surface area contributed by atoms with E-state index in [2.05, 4.69) is 5.32 Å². The second kappa shape index (κ2) is 6.94. The third kappa shape index (κ3) is 3.00. The van der Waals surface area contributed by atoms with Crippen LogP contribution < -0.4 is 10.1 Å². The number of aryl methyl sites for hydroxylation is 1. The minimum atomic E-state index is -0.704. The Hall–Kier alpha value is -2.63. The normalized spacial score (nSPS) is 14.1. The molecule has 0 unspecified atom stereocenters. The summed E-state index contributed by atoms with van der Waals surface area (Å²) < 4.78 is 5.93. The van der Waals surface area contributed by atoms with Crippen molar-refractivity contribution in [3.8, 4) is 11.5 Å². The van der Waals surface area contributed by atoms with Gasteiger partial charge in [-0.1, -0.05) is 36.4 Å². The van der Waals surface area contributed by atoms with Crippen molar-refractivity contribution in [2.24, 2.45) is 0 Å². The van der Waals surface area contributed by atoms with Gasteiger partial charge in [0.1, 0.15) is 17.6 Å². The largest absolute Gasteiger partial charge is 0.457 e. The number of aliphatic hydroxyl groups excluding tert-OH is 1. The Kier molecular flexibility index (Phi) is 4.49. The van der Waals surface area contributed by atoms with Gasteiger partial charge in [0.05, 0.1) is 5.92 Å². The average Bonchev–Trinajstić information content (AvgIpc) is 3.10. The molecule has 132 valence electrons. The molecule has 26 heavy (non-hydrogen) atoms. The molecule has 0 saturated heterocycles. The fourth-order valence-electron chi connectivity index (χ4n) is 3.31. The van der Waals surface area contributed by atoms with E-state index in [0.29, 0.717) is 11.5 Å². The molecule has 1 aliphatic heterocycles. The van der Waals surface area contributed by atoms with Crippen LogP contribution in [0.15, 0.2) is 60.0 Å². The number of hydrogen-bond acceptors (Lipinski definition) is 4. The molecule has 1 amide bonds. The van der Waals surface area contributed by atoms with Crippen LogP contribution in [0.5, 0.6) is 11.5 Å². The van der Waals surface area contributed by atoms with Gasteiger partial charge < -0.3 is 15.2 Å². The Morgan fingerprint density at radius 2 is 1.73 bits per heavy atom. The number of nitrogens with one attached hydrogen (secondary N) is 1. The first-order valence-electron chi connectivity index (χ1n) is 8.50. The zero-order valence-electron chi connectivity index (χ0n) is 14.3. The van der Waals surface area contributed by atoms with Gasteiger partial charge in [-0.05, 0) is 36.1 Å². The number of rotatable bonds is 4. The number of fused-ring (bicyclic) bond motifs is 2. The number of ether oxygens (including phenoxy) is 1. The van der Waals surface area contributed by atoms with Gasteiger partial charge in [0, 0.05) is 22.5 Å². The van der Waals surface area contributed by atoms with Gasteiger partial charge in [0.2, 0.25) is 5.91 Å². The quantitative estimate of drug-likeness (QED) is 0.730. The highest BCUT2D eigenvalue weighted by Gasteiger charge is 2.32. The summed E-state index contributed by atoms with van der Waals surface area (Å²) in [6, 6.07) is 17.1. The summed E-state index contributed by atoms with van der Waals surface area (Å²) in [6.07, 6.45) is -0.704. The summed E-state index contributed by atoms with van der Waals surface area (Å²) in [5, 5.41) is 15.3. The van der Waals surface area contributed by atoms with Crippen molar-refractivity contribution in [3.05, 3.63) is 81.5 Å². The van der Waals surface area contributed by atoms with Crippen LogP contribution in [0, 0.1) is 6.92 Å². The standard InChI is InChI=1S/C21H19NO3S/c1-13-10-11-26-20(13)16(23)12-22-21(24)19-14-6-2-4-8-17(14)25-18-9-5-3-7-15(18)19/h2-11,16,19,23H,12H2,1H3,(H,22,24)/t16-/m0/s1. The van der Waals surface area contributed by atoms with Gasteiger partial charge in [-0.3, -0.25) is 4.79 Å². The lowest BCUT2D eigenvalue weighted by Gasteiger charge is -2.27. The lowest BCUT2D eigenvalue weighted by atomic mass is 9.87. The van der Waals surface area contributed by atoms with E-state index in [9.17, 15) is 9.90 Å². The number of carbonyl (C=O) groups excluding carboxylic acids is 1. The van der Waals surface area contributed by atoms with Gasteiger partial charge in [-0.25, -0.2) is 0 Å². The van der Waals surface area contributed by atoms with Crippen molar-refractivity contribution in [1.82, 2.24) is 5.32 Å². The number of thiophene rings is 1. The molecule has 0 spiro atoms. The molecule has 3 aromatic rings. The van der Waals surface area contributed by atoms with Crippen molar-refractivity contribution in [2.75, 3.05) is 6.54 Å². The number of benzene rings is 2. The second-order valence-electron chi connectivity index (χ2n) is 6.34. The summed E-state index contributed by atoms with van der Waals surface area (Å²) >= 11 is 1.50. The molecule has 5 heteroatoms. The molecule has 0 aliphatic carbocycles. The maximum atomic E-state index is 13.0. The zero-order valence-corrected chi connectivity index (χ0v) is 15.1. The minimum Gasteiger partial charge on any atom is -0.457 e. The number of amides is 1. The fourth-order valence-corrected chi connectivity index (χ4v) is 4.22. The van der Waals surface area contributed by atoms with Crippen LogP contribution in [-0.2, 0) is 4.79 Å². The van der Waals surface area contributed by atoms with Gasteiger partial charge in [0.25, 0.3) is 0 Å². The molecule has 2 heterocycles. The number of carbonyl (C=O) groups is 1. The maximum absolute atomic E-state index is 13.0. The third-order valence-corrected chi connectivity index (χ3v) is 5.74. The molecule has 2 N–H and O–H groups in total. The molecule has 2 aromatic carbocycles. The van der Waals surface area contributed by atoms with Crippen molar-refractivity contribution in [1.29, 1.82) is 0 Å². The van der Waals surface area contributed by atoms with E-state index in [4.69, 9.17) is 4.74 Å². The summed E-state index contributed by atoms with van der Waals surface area (Å²) in [5.74, 6) is 0.802. The summed E-state index contributed by atoms with van der Waals surface area (Å²) in [5.41, 5.74) is 2.72. The topological polar surface area (TPSA) is 58.6 Å². The Labute approximate surface area is 156 Å². The van der Waals surface area contributed by atoms with E-state index in [1.54, 1.807) is 0 Å². The fraction of sp³-hybridized carbons (Fsp3) is 0.190. The molecule has 1 aliphatic rings. The monoisotopic (exact) mass is 365 g/mol. The van der Waals surface area contributed by atoms with Crippen LogP contribution in [0.4, 0.5) is 0 Å². The van der Waals surface area contributed by atoms with Crippen LogP contribution in [-0.4, -0.2) is 17.6 Å². The second-order valence-corrected chi connectivity index (χ2v) is 7.29. The van der Waals surface area contributed by atoms with E-state index in [1.165, 1.54) is 11.3 Å². The van der Waals surface area contributed by atoms with Crippen LogP contribution in [0.1, 0.15) is 33.6 Å². The Balaban J connectivity index is 1.59. The van der Waals surface area contributed by atoms with E-state index in [-0.39, 0.29) is 12.5 Å². The lowest BCUT2D eigenvalue weighted by Crippen LogP contribution is -2.34. The van der Waals surface area contributed by atoms with Crippen molar-refractivity contribution in [2.45, 2.75) is 18.9 Å². The summed E-state index contributed by atoms with van der Waals surface area (Å²) in [4.78, 5) is 13.9. The molecule has 4 nitrogen and oxygen atoms in total. The molecule has 0 fully saturated rings. The molecule has 0 radical (unpaired) electrons. The first-order chi connectivity index (χ1) is 12.6. The van der Waals surface area contributed by atoms with Crippen molar-refractivity contribution in [3.63, 3.8) is 0 Å². The van der Waals surface area contributed by atoms with Crippen LogP contribution in [0.3, 0.4) is 0 Å². The molecule has 0 bridgehead atoms. The number of hydrogen-bond donors (Lipinski definition) is 2. The van der Waals surface area contributed by atoms with E-state index < -0.39 is 12.0 Å². The Morgan fingerprint density at radius 1 is 1.12 bits per heavy atom. The van der Waals surface area contributed by atoms with Crippen molar-refractivity contribution < 1.29 is 14.6 Å². The molecule has 0 saturated carbocycles. The van der Waals surface area contributed by atoms with Crippen LogP contribution in [0.2, 0.25) is 0 Å². The number of aliphatic hydroxyl groups is 1. The molecule has 4 rings (SSSR count). The van der Waals surface area contributed by atoms with Gasteiger partial charge in [-0.2, -0.15) is 0 Å². The summed E-state index contributed by atoms with van der Waals surface area (Å²) in [6.45, 7) is 2.14.